The van der Waals surface area contributed by atoms with Crippen LogP contribution < -0.4 is 0 Å². The average molecular weight is 312 g/mol. The van der Waals surface area contributed by atoms with E-state index in [1.54, 1.807) is 43.3 Å². The van der Waals surface area contributed by atoms with Crippen molar-refractivity contribution >= 4 is 11.8 Å². The van der Waals surface area contributed by atoms with Crippen LogP contribution in [0.4, 0.5) is 0 Å². The van der Waals surface area contributed by atoms with Crippen LogP contribution in [0.3, 0.4) is 0 Å². The van der Waals surface area contributed by atoms with Crippen molar-refractivity contribution in [3.63, 3.8) is 0 Å². The fourth-order valence-electron chi connectivity index (χ4n) is 2.57. The first-order valence-corrected chi connectivity index (χ1v) is 7.50. The monoisotopic (exact) mass is 312 g/mol. The van der Waals surface area contributed by atoms with E-state index in [2.05, 4.69) is 0 Å². The van der Waals surface area contributed by atoms with Gasteiger partial charge >= 0.3 is 5.97 Å². The van der Waals surface area contributed by atoms with E-state index in [1.165, 1.54) is 13.2 Å². The van der Waals surface area contributed by atoms with Gasteiger partial charge in [-0.3, -0.25) is 9.59 Å². The summed E-state index contributed by atoms with van der Waals surface area (Å²) in [6, 6.07) is 11.8. The van der Waals surface area contributed by atoms with Gasteiger partial charge in [0.25, 0.3) is 0 Å². The number of hydrogen-bond acceptors (Lipinski definition) is 4. The maximum Gasteiger partial charge on any atom is 0.313 e. The summed E-state index contributed by atoms with van der Waals surface area (Å²) >= 11 is 0. The lowest BCUT2D eigenvalue weighted by Crippen LogP contribution is -2.17. The fourth-order valence-corrected chi connectivity index (χ4v) is 2.57. The molecule has 0 amide bonds. The molecule has 120 valence electrons. The zero-order valence-corrected chi connectivity index (χ0v) is 13.5. The third-order valence-electron chi connectivity index (χ3n) is 3.95. The standard InChI is InChI=1S/C19H20O4/c1-4-14(19(22)23-3)15-7-5-6-8-16(15)18(21)13-10-9-12(2)17(20)11-13/h5-11,14,20H,4H2,1-3H3. The number of benzene rings is 2. The van der Waals surface area contributed by atoms with E-state index < -0.39 is 5.92 Å². The molecule has 1 unspecified atom stereocenters. The molecule has 0 aliphatic heterocycles. The molecule has 4 nitrogen and oxygen atoms in total. The predicted molar refractivity (Wildman–Crippen MR) is 87.8 cm³/mol. The SMILES string of the molecule is CCC(C(=O)OC)c1ccccc1C(=O)c1ccc(C)c(O)c1. The van der Waals surface area contributed by atoms with E-state index in [-0.39, 0.29) is 17.5 Å². The molecule has 2 aromatic carbocycles. The van der Waals surface area contributed by atoms with Crippen molar-refractivity contribution in [2.75, 3.05) is 7.11 Å². The first kappa shape index (κ1) is 16.7. The first-order chi connectivity index (χ1) is 11.0. The van der Waals surface area contributed by atoms with Crippen molar-refractivity contribution in [2.45, 2.75) is 26.2 Å². The molecule has 0 saturated heterocycles. The van der Waals surface area contributed by atoms with E-state index in [0.717, 1.165) is 0 Å². The summed E-state index contributed by atoms with van der Waals surface area (Å²) < 4.78 is 4.84. The van der Waals surface area contributed by atoms with E-state index in [0.29, 0.717) is 28.7 Å². The van der Waals surface area contributed by atoms with Crippen LogP contribution >= 0.6 is 0 Å². The Morgan fingerprint density at radius 2 is 1.87 bits per heavy atom. The molecule has 0 saturated carbocycles. The molecule has 0 aliphatic carbocycles. The summed E-state index contributed by atoms with van der Waals surface area (Å²) in [5.41, 5.74) is 2.19. The Labute approximate surface area is 135 Å². The number of carbonyl (C=O) groups excluding carboxylic acids is 2. The highest BCUT2D eigenvalue weighted by Crippen LogP contribution is 2.27. The summed E-state index contributed by atoms with van der Waals surface area (Å²) in [6.45, 7) is 3.64. The Balaban J connectivity index is 2.49. The number of phenols is 1. The average Bonchev–Trinajstić information content (AvgIpc) is 2.57. The lowest BCUT2D eigenvalue weighted by atomic mass is 9.88. The molecule has 1 atom stereocenters. The number of aromatic hydroxyl groups is 1. The first-order valence-electron chi connectivity index (χ1n) is 7.50. The summed E-state index contributed by atoms with van der Waals surface area (Å²) in [7, 11) is 1.34. The second-order valence-electron chi connectivity index (χ2n) is 5.40. The van der Waals surface area contributed by atoms with Crippen molar-refractivity contribution in [3.05, 3.63) is 64.7 Å². The molecule has 1 N–H and O–H groups in total. The van der Waals surface area contributed by atoms with Gasteiger partial charge in [-0.05, 0) is 30.5 Å². The highest BCUT2D eigenvalue weighted by Gasteiger charge is 2.25. The number of methoxy groups -OCH3 is 1. The van der Waals surface area contributed by atoms with Gasteiger partial charge in [0.1, 0.15) is 5.75 Å². The minimum absolute atomic E-state index is 0.0772. The van der Waals surface area contributed by atoms with Crippen LogP contribution in [-0.2, 0) is 9.53 Å². The summed E-state index contributed by atoms with van der Waals surface area (Å²) in [5.74, 6) is -0.995. The molecule has 0 spiro atoms. The molecule has 0 aliphatic rings. The van der Waals surface area contributed by atoms with Crippen LogP contribution in [0.25, 0.3) is 0 Å². The van der Waals surface area contributed by atoms with Gasteiger partial charge in [-0.2, -0.15) is 0 Å². The molecular weight excluding hydrogens is 292 g/mol. The number of aryl methyl sites for hydroxylation is 1. The van der Waals surface area contributed by atoms with Gasteiger partial charge in [0, 0.05) is 11.1 Å². The van der Waals surface area contributed by atoms with E-state index >= 15 is 0 Å². The number of phenolic OH excluding ortho intramolecular Hbond substituents is 1. The number of rotatable bonds is 5. The quantitative estimate of drug-likeness (QED) is 0.677. The highest BCUT2D eigenvalue weighted by molar-refractivity contribution is 6.10. The minimum Gasteiger partial charge on any atom is -0.508 e. The molecule has 0 radical (unpaired) electrons. The molecule has 23 heavy (non-hydrogen) atoms. The van der Waals surface area contributed by atoms with Gasteiger partial charge in [0.05, 0.1) is 13.0 Å². The zero-order chi connectivity index (χ0) is 17.0. The molecule has 2 aromatic rings. The topological polar surface area (TPSA) is 63.6 Å². The van der Waals surface area contributed by atoms with Gasteiger partial charge in [-0.25, -0.2) is 0 Å². The number of ketones is 1. The van der Waals surface area contributed by atoms with Crippen molar-refractivity contribution in [2.24, 2.45) is 0 Å². The van der Waals surface area contributed by atoms with Crippen LogP contribution in [0, 0.1) is 6.92 Å². The lowest BCUT2D eigenvalue weighted by molar-refractivity contribution is -0.142. The molecule has 0 aromatic heterocycles. The van der Waals surface area contributed by atoms with Gasteiger partial charge in [0.15, 0.2) is 5.78 Å². The lowest BCUT2D eigenvalue weighted by Gasteiger charge is -2.16. The number of ether oxygens (including phenoxy) is 1. The van der Waals surface area contributed by atoms with Crippen LogP contribution in [0.1, 0.15) is 46.3 Å². The molecule has 0 fully saturated rings. The highest BCUT2D eigenvalue weighted by atomic mass is 16.5. The Morgan fingerprint density at radius 3 is 2.48 bits per heavy atom. The zero-order valence-electron chi connectivity index (χ0n) is 13.5. The summed E-state index contributed by atoms with van der Waals surface area (Å²) in [5, 5.41) is 9.82. The van der Waals surface area contributed by atoms with Crippen molar-refractivity contribution < 1.29 is 19.4 Å². The van der Waals surface area contributed by atoms with Crippen molar-refractivity contribution in [3.8, 4) is 5.75 Å². The summed E-state index contributed by atoms with van der Waals surface area (Å²) in [4.78, 5) is 24.8. The number of hydrogen-bond donors (Lipinski definition) is 1. The van der Waals surface area contributed by atoms with Gasteiger partial charge in [-0.1, -0.05) is 43.3 Å². The molecule has 4 heteroatoms. The van der Waals surface area contributed by atoms with Crippen LogP contribution in [0.5, 0.6) is 5.75 Å². The molecular formula is C19H20O4. The van der Waals surface area contributed by atoms with Crippen LogP contribution in [0.15, 0.2) is 42.5 Å². The third-order valence-corrected chi connectivity index (χ3v) is 3.95. The third kappa shape index (κ3) is 3.42. The Morgan fingerprint density at radius 1 is 1.17 bits per heavy atom. The second kappa shape index (κ2) is 7.09. The van der Waals surface area contributed by atoms with Crippen molar-refractivity contribution in [1.82, 2.24) is 0 Å². The van der Waals surface area contributed by atoms with Crippen LogP contribution in [0.2, 0.25) is 0 Å². The van der Waals surface area contributed by atoms with E-state index in [4.69, 9.17) is 4.74 Å². The Hall–Kier alpha value is -2.62. The molecule has 0 bridgehead atoms. The van der Waals surface area contributed by atoms with Gasteiger partial charge < -0.3 is 9.84 Å². The fraction of sp³-hybridized carbons (Fsp3) is 0.263. The predicted octanol–water partition coefficient (Wildman–Crippen LogP) is 3.60. The van der Waals surface area contributed by atoms with E-state index in [9.17, 15) is 14.7 Å². The smallest absolute Gasteiger partial charge is 0.313 e. The maximum absolute atomic E-state index is 12.8. The second-order valence-corrected chi connectivity index (χ2v) is 5.40. The molecule has 2 rings (SSSR count). The molecule has 0 heterocycles. The van der Waals surface area contributed by atoms with Crippen LogP contribution in [-0.4, -0.2) is 24.0 Å². The van der Waals surface area contributed by atoms with Gasteiger partial charge in [0.2, 0.25) is 0 Å². The Kier molecular flexibility index (Phi) is 5.16. The number of esters is 1. The van der Waals surface area contributed by atoms with E-state index in [1.807, 2.05) is 6.92 Å². The van der Waals surface area contributed by atoms with Crippen molar-refractivity contribution in [1.29, 1.82) is 0 Å². The van der Waals surface area contributed by atoms with Gasteiger partial charge in [-0.15, -0.1) is 0 Å². The minimum atomic E-state index is -0.487. The largest absolute Gasteiger partial charge is 0.508 e. The Bertz CT molecular complexity index is 734. The maximum atomic E-state index is 12.8. The normalized spacial score (nSPS) is 11.8. The number of carbonyl (C=O) groups is 2. The summed E-state index contributed by atoms with van der Waals surface area (Å²) in [6.07, 6.45) is 0.538.